The number of morpholine rings is 1. The Morgan fingerprint density at radius 2 is 2.06 bits per heavy atom. The molecule has 18 heavy (non-hydrogen) atoms. The summed E-state index contributed by atoms with van der Waals surface area (Å²) >= 11 is 0. The minimum atomic E-state index is -0.401. The Morgan fingerprint density at radius 1 is 1.28 bits per heavy atom. The molecule has 0 spiro atoms. The number of hydrogen-bond acceptors (Lipinski definition) is 3. The predicted molar refractivity (Wildman–Crippen MR) is 72.3 cm³/mol. The topological polar surface area (TPSA) is 21.7 Å². The second-order valence-corrected chi connectivity index (χ2v) is 4.74. The van der Waals surface area contributed by atoms with E-state index in [2.05, 4.69) is 42.2 Å². The van der Waals surface area contributed by atoms with Gasteiger partial charge >= 0.3 is 0 Å². The molecule has 1 aromatic rings. The first-order valence-corrected chi connectivity index (χ1v) is 6.82. The Morgan fingerprint density at radius 3 is 2.72 bits per heavy atom. The molecule has 1 unspecified atom stereocenters. The molecular weight excluding hydrogens is 226 g/mol. The van der Waals surface area contributed by atoms with Gasteiger partial charge in [0.2, 0.25) is 0 Å². The zero-order valence-electron chi connectivity index (χ0n) is 11.4. The van der Waals surface area contributed by atoms with E-state index >= 15 is 0 Å². The maximum absolute atomic E-state index is 5.86. The van der Waals surface area contributed by atoms with Crippen molar-refractivity contribution in [2.45, 2.75) is 32.6 Å². The molecule has 2 rings (SSSR count). The molecule has 0 amide bonds. The average Bonchev–Trinajstić information content (AvgIpc) is 2.41. The van der Waals surface area contributed by atoms with Crippen molar-refractivity contribution in [1.29, 1.82) is 0 Å². The Hall–Kier alpha value is -0.900. The van der Waals surface area contributed by atoms with E-state index in [-0.39, 0.29) is 0 Å². The van der Waals surface area contributed by atoms with E-state index in [9.17, 15) is 0 Å². The third-order valence-electron chi connectivity index (χ3n) is 3.43. The van der Waals surface area contributed by atoms with Crippen molar-refractivity contribution in [3.8, 4) is 0 Å². The Bertz CT molecular complexity index is 351. The maximum atomic E-state index is 5.86. The molecule has 1 aromatic carbocycles. The van der Waals surface area contributed by atoms with Gasteiger partial charge in [-0.25, -0.2) is 0 Å². The van der Waals surface area contributed by atoms with Gasteiger partial charge in [-0.05, 0) is 18.9 Å². The van der Waals surface area contributed by atoms with Gasteiger partial charge in [0.05, 0.1) is 13.2 Å². The number of rotatable bonds is 5. The molecule has 0 N–H and O–H groups in total. The SMILES string of the molecule is CCOC1(CC)CN(Cc2ccccc2)CCO1. The lowest BCUT2D eigenvalue weighted by Crippen LogP contribution is -2.52. The first-order valence-electron chi connectivity index (χ1n) is 6.82. The van der Waals surface area contributed by atoms with Crippen LogP contribution >= 0.6 is 0 Å². The van der Waals surface area contributed by atoms with E-state index in [1.807, 2.05) is 6.92 Å². The highest BCUT2D eigenvalue weighted by Crippen LogP contribution is 2.24. The molecular formula is C15H23NO2. The lowest BCUT2D eigenvalue weighted by Gasteiger charge is -2.41. The number of hydrogen-bond donors (Lipinski definition) is 0. The van der Waals surface area contributed by atoms with Crippen molar-refractivity contribution in [3.63, 3.8) is 0 Å². The zero-order chi connectivity index (χ0) is 12.8. The lowest BCUT2D eigenvalue weighted by molar-refractivity contribution is -0.267. The predicted octanol–water partition coefficient (Wildman–Crippen LogP) is 2.66. The molecule has 1 atom stereocenters. The van der Waals surface area contributed by atoms with Crippen molar-refractivity contribution in [1.82, 2.24) is 4.90 Å². The maximum Gasteiger partial charge on any atom is 0.180 e. The van der Waals surface area contributed by atoms with Crippen LogP contribution in [-0.4, -0.2) is 37.0 Å². The quantitative estimate of drug-likeness (QED) is 0.801. The summed E-state index contributed by atoms with van der Waals surface area (Å²) in [6.45, 7) is 8.40. The number of ether oxygens (including phenoxy) is 2. The Labute approximate surface area is 110 Å². The summed E-state index contributed by atoms with van der Waals surface area (Å²) in [5.74, 6) is -0.401. The summed E-state index contributed by atoms with van der Waals surface area (Å²) in [5, 5.41) is 0. The monoisotopic (exact) mass is 249 g/mol. The van der Waals surface area contributed by atoms with Gasteiger partial charge in [-0.1, -0.05) is 37.3 Å². The fourth-order valence-electron chi connectivity index (χ4n) is 2.47. The third kappa shape index (κ3) is 3.31. The second-order valence-electron chi connectivity index (χ2n) is 4.74. The van der Waals surface area contributed by atoms with E-state index in [1.165, 1.54) is 5.56 Å². The van der Waals surface area contributed by atoms with Gasteiger partial charge < -0.3 is 9.47 Å². The second kappa shape index (κ2) is 6.32. The summed E-state index contributed by atoms with van der Waals surface area (Å²) < 4.78 is 11.7. The molecule has 1 aliphatic heterocycles. The van der Waals surface area contributed by atoms with E-state index in [0.717, 1.165) is 32.7 Å². The highest BCUT2D eigenvalue weighted by molar-refractivity contribution is 5.14. The number of benzene rings is 1. The minimum absolute atomic E-state index is 0.401. The summed E-state index contributed by atoms with van der Waals surface area (Å²) in [4.78, 5) is 2.41. The van der Waals surface area contributed by atoms with Crippen LogP contribution in [0.5, 0.6) is 0 Å². The van der Waals surface area contributed by atoms with Gasteiger partial charge in [0.25, 0.3) is 0 Å². The summed E-state index contributed by atoms with van der Waals surface area (Å²) in [5.41, 5.74) is 1.35. The van der Waals surface area contributed by atoms with Gasteiger partial charge in [-0.2, -0.15) is 0 Å². The van der Waals surface area contributed by atoms with Crippen molar-refractivity contribution < 1.29 is 9.47 Å². The molecule has 1 fully saturated rings. The van der Waals surface area contributed by atoms with E-state index in [0.29, 0.717) is 6.61 Å². The standard InChI is InChI=1S/C15H23NO2/c1-3-15(17-4-2)13-16(10-11-18-15)12-14-8-6-5-7-9-14/h5-9H,3-4,10-13H2,1-2H3. The molecule has 1 saturated heterocycles. The molecule has 1 aliphatic rings. The van der Waals surface area contributed by atoms with E-state index in [1.54, 1.807) is 0 Å². The molecule has 1 heterocycles. The molecule has 0 aromatic heterocycles. The lowest BCUT2D eigenvalue weighted by atomic mass is 10.1. The van der Waals surface area contributed by atoms with Crippen LogP contribution in [0.25, 0.3) is 0 Å². The smallest absolute Gasteiger partial charge is 0.180 e. The molecule has 0 saturated carbocycles. The highest BCUT2D eigenvalue weighted by Gasteiger charge is 2.35. The Kier molecular flexibility index (Phi) is 4.75. The van der Waals surface area contributed by atoms with Crippen LogP contribution in [0.15, 0.2) is 30.3 Å². The van der Waals surface area contributed by atoms with E-state index in [4.69, 9.17) is 9.47 Å². The molecule has 0 bridgehead atoms. The van der Waals surface area contributed by atoms with Gasteiger partial charge in [-0.15, -0.1) is 0 Å². The fraction of sp³-hybridized carbons (Fsp3) is 0.600. The van der Waals surface area contributed by atoms with Crippen LogP contribution in [0, 0.1) is 0 Å². The average molecular weight is 249 g/mol. The molecule has 3 nitrogen and oxygen atoms in total. The van der Waals surface area contributed by atoms with Gasteiger partial charge in [0.15, 0.2) is 5.79 Å². The molecule has 0 radical (unpaired) electrons. The fourth-order valence-corrected chi connectivity index (χ4v) is 2.47. The summed E-state index contributed by atoms with van der Waals surface area (Å²) in [6, 6.07) is 10.6. The summed E-state index contributed by atoms with van der Waals surface area (Å²) in [7, 11) is 0. The van der Waals surface area contributed by atoms with Crippen molar-refractivity contribution in [2.75, 3.05) is 26.3 Å². The van der Waals surface area contributed by atoms with Gasteiger partial charge in [-0.3, -0.25) is 4.90 Å². The van der Waals surface area contributed by atoms with Crippen molar-refractivity contribution in [2.24, 2.45) is 0 Å². The van der Waals surface area contributed by atoms with E-state index < -0.39 is 5.79 Å². The molecule has 0 aliphatic carbocycles. The normalized spacial score (nSPS) is 25.2. The van der Waals surface area contributed by atoms with Crippen LogP contribution in [-0.2, 0) is 16.0 Å². The first kappa shape index (κ1) is 13.5. The van der Waals surface area contributed by atoms with Gasteiger partial charge in [0.1, 0.15) is 0 Å². The Balaban J connectivity index is 1.98. The van der Waals surface area contributed by atoms with Crippen LogP contribution in [0.2, 0.25) is 0 Å². The van der Waals surface area contributed by atoms with Crippen molar-refractivity contribution in [3.05, 3.63) is 35.9 Å². The molecule has 100 valence electrons. The first-order chi connectivity index (χ1) is 8.78. The van der Waals surface area contributed by atoms with Crippen LogP contribution in [0.3, 0.4) is 0 Å². The molecule has 3 heteroatoms. The van der Waals surface area contributed by atoms with Crippen LogP contribution in [0.4, 0.5) is 0 Å². The van der Waals surface area contributed by atoms with Crippen molar-refractivity contribution >= 4 is 0 Å². The largest absolute Gasteiger partial charge is 0.349 e. The van der Waals surface area contributed by atoms with Gasteiger partial charge in [0, 0.05) is 19.7 Å². The zero-order valence-corrected chi connectivity index (χ0v) is 11.4. The minimum Gasteiger partial charge on any atom is -0.349 e. The van der Waals surface area contributed by atoms with Crippen LogP contribution < -0.4 is 0 Å². The summed E-state index contributed by atoms with van der Waals surface area (Å²) in [6.07, 6.45) is 0.895. The highest BCUT2D eigenvalue weighted by atomic mass is 16.7. The van der Waals surface area contributed by atoms with Crippen LogP contribution in [0.1, 0.15) is 25.8 Å². The number of nitrogens with zero attached hydrogens (tertiary/aromatic N) is 1. The third-order valence-corrected chi connectivity index (χ3v) is 3.43.